The van der Waals surface area contributed by atoms with Gasteiger partial charge in [-0.05, 0) is 49.3 Å². The van der Waals surface area contributed by atoms with Crippen LogP contribution < -0.4 is 11.2 Å². The second-order valence-electron chi connectivity index (χ2n) is 7.14. The summed E-state index contributed by atoms with van der Waals surface area (Å²) in [7, 11) is 1.59. The zero-order valence-electron chi connectivity index (χ0n) is 15.8. The maximum atomic E-state index is 13.2. The molecule has 0 atom stereocenters. The highest BCUT2D eigenvalue weighted by Gasteiger charge is 2.23. The first-order valence-electron chi connectivity index (χ1n) is 9.43. The summed E-state index contributed by atoms with van der Waals surface area (Å²) < 4.78 is 8.28. The number of hydrogen-bond donors (Lipinski definition) is 0. The third-order valence-electron chi connectivity index (χ3n) is 5.43. The van der Waals surface area contributed by atoms with Gasteiger partial charge >= 0.3 is 5.69 Å². The Morgan fingerprint density at radius 2 is 1.89 bits per heavy atom. The van der Waals surface area contributed by atoms with Crippen LogP contribution >= 0.6 is 11.3 Å². The van der Waals surface area contributed by atoms with Crippen molar-refractivity contribution in [3.63, 3.8) is 0 Å². The molecule has 5 nitrogen and oxygen atoms in total. The Labute approximate surface area is 161 Å². The molecule has 3 aromatic rings. The molecule has 0 fully saturated rings. The number of aromatic nitrogens is 2. The van der Waals surface area contributed by atoms with Crippen molar-refractivity contribution in [3.05, 3.63) is 66.7 Å². The standard InChI is InChI=1S/C21H24N2O3S/c1-14-7-3-4-8-15(14)13-23-20-18(16-9-5-6-10-17(16)27-20)19(24)22(21(23)25)11-12-26-2/h3-4,7-8H,5-6,9-13H2,1-2H3. The number of rotatable bonds is 5. The minimum atomic E-state index is -0.244. The van der Waals surface area contributed by atoms with Gasteiger partial charge in [0.05, 0.1) is 25.1 Å². The summed E-state index contributed by atoms with van der Waals surface area (Å²) in [4.78, 5) is 28.5. The molecule has 0 spiro atoms. The summed E-state index contributed by atoms with van der Waals surface area (Å²) in [5, 5.41) is 0.749. The molecule has 27 heavy (non-hydrogen) atoms. The highest BCUT2D eigenvalue weighted by Crippen LogP contribution is 2.34. The summed E-state index contributed by atoms with van der Waals surface area (Å²) in [6.45, 7) is 3.16. The highest BCUT2D eigenvalue weighted by atomic mass is 32.1. The van der Waals surface area contributed by atoms with Crippen molar-refractivity contribution in [1.29, 1.82) is 0 Å². The van der Waals surface area contributed by atoms with Gasteiger partial charge in [0.2, 0.25) is 0 Å². The Bertz CT molecular complexity index is 1110. The molecular weight excluding hydrogens is 360 g/mol. The first kappa shape index (κ1) is 18.2. The van der Waals surface area contributed by atoms with Gasteiger partial charge in [0.1, 0.15) is 4.83 Å². The lowest BCUT2D eigenvalue weighted by Crippen LogP contribution is -2.41. The predicted octanol–water partition coefficient (Wildman–Crippen LogP) is 3.11. The molecular formula is C21H24N2O3S. The molecule has 0 radical (unpaired) electrons. The Morgan fingerprint density at radius 1 is 1.11 bits per heavy atom. The maximum absolute atomic E-state index is 13.2. The summed E-state index contributed by atoms with van der Waals surface area (Å²) in [5.74, 6) is 0. The van der Waals surface area contributed by atoms with E-state index in [2.05, 4.69) is 13.0 Å². The van der Waals surface area contributed by atoms with Crippen LogP contribution in [0.15, 0.2) is 33.9 Å². The van der Waals surface area contributed by atoms with E-state index < -0.39 is 0 Å². The molecule has 0 amide bonds. The van der Waals surface area contributed by atoms with E-state index in [1.807, 2.05) is 18.2 Å². The number of ether oxygens (including phenoxy) is 1. The molecule has 0 aliphatic heterocycles. The fourth-order valence-electron chi connectivity index (χ4n) is 3.89. The van der Waals surface area contributed by atoms with Gasteiger partial charge in [-0.1, -0.05) is 24.3 Å². The van der Waals surface area contributed by atoms with Crippen LogP contribution in [0.3, 0.4) is 0 Å². The normalized spacial score (nSPS) is 13.9. The van der Waals surface area contributed by atoms with Gasteiger partial charge < -0.3 is 4.74 Å². The summed E-state index contributed by atoms with van der Waals surface area (Å²) in [5.41, 5.74) is 3.01. The fourth-order valence-corrected chi connectivity index (χ4v) is 5.27. The monoisotopic (exact) mass is 384 g/mol. The first-order valence-corrected chi connectivity index (χ1v) is 10.2. The fraction of sp³-hybridized carbons (Fsp3) is 0.429. The molecule has 2 aromatic heterocycles. The number of fused-ring (bicyclic) bond motifs is 3. The van der Waals surface area contributed by atoms with E-state index in [0.717, 1.165) is 52.6 Å². The Kier molecular flexibility index (Phi) is 5.02. The SMILES string of the molecule is COCCn1c(=O)c2c3c(sc2n(Cc2ccccc2C)c1=O)CCCC3. The molecule has 0 saturated heterocycles. The van der Waals surface area contributed by atoms with Gasteiger partial charge in [-0.3, -0.25) is 13.9 Å². The molecule has 0 saturated carbocycles. The van der Waals surface area contributed by atoms with Gasteiger partial charge in [-0.25, -0.2) is 4.79 Å². The first-order chi connectivity index (χ1) is 13.1. The quantitative estimate of drug-likeness (QED) is 0.679. The van der Waals surface area contributed by atoms with Crippen molar-refractivity contribution in [2.75, 3.05) is 13.7 Å². The minimum Gasteiger partial charge on any atom is -0.383 e. The van der Waals surface area contributed by atoms with Crippen LogP contribution in [0.1, 0.15) is 34.4 Å². The van der Waals surface area contributed by atoms with Crippen LogP contribution in [-0.2, 0) is 30.7 Å². The Balaban J connectivity index is 1.98. The molecule has 1 aromatic carbocycles. The molecule has 0 bridgehead atoms. The zero-order valence-corrected chi connectivity index (χ0v) is 16.6. The van der Waals surface area contributed by atoms with E-state index in [1.165, 1.54) is 9.44 Å². The maximum Gasteiger partial charge on any atom is 0.332 e. The van der Waals surface area contributed by atoms with Crippen LogP contribution in [0.2, 0.25) is 0 Å². The van der Waals surface area contributed by atoms with Crippen LogP contribution in [0.4, 0.5) is 0 Å². The lowest BCUT2D eigenvalue weighted by atomic mass is 9.97. The van der Waals surface area contributed by atoms with Crippen molar-refractivity contribution >= 4 is 21.6 Å². The topological polar surface area (TPSA) is 53.2 Å². The second-order valence-corrected chi connectivity index (χ2v) is 8.22. The number of benzene rings is 1. The van der Waals surface area contributed by atoms with Crippen molar-refractivity contribution in [2.24, 2.45) is 0 Å². The Hall–Kier alpha value is -2.18. The average Bonchev–Trinajstić information content (AvgIpc) is 3.06. The minimum absolute atomic E-state index is 0.160. The van der Waals surface area contributed by atoms with Gasteiger partial charge in [-0.15, -0.1) is 11.3 Å². The van der Waals surface area contributed by atoms with Crippen molar-refractivity contribution in [1.82, 2.24) is 9.13 Å². The van der Waals surface area contributed by atoms with Crippen LogP contribution in [0, 0.1) is 6.92 Å². The van der Waals surface area contributed by atoms with E-state index in [-0.39, 0.29) is 17.8 Å². The van der Waals surface area contributed by atoms with Crippen molar-refractivity contribution in [3.8, 4) is 0 Å². The molecule has 0 N–H and O–H groups in total. The second kappa shape index (κ2) is 7.44. The predicted molar refractivity (Wildman–Crippen MR) is 109 cm³/mol. The lowest BCUT2D eigenvalue weighted by molar-refractivity contribution is 0.184. The van der Waals surface area contributed by atoms with E-state index in [4.69, 9.17) is 4.74 Å². The summed E-state index contributed by atoms with van der Waals surface area (Å²) >= 11 is 1.63. The molecule has 2 heterocycles. The number of methoxy groups -OCH3 is 1. The van der Waals surface area contributed by atoms with Crippen LogP contribution in [-0.4, -0.2) is 22.9 Å². The molecule has 1 aliphatic rings. The van der Waals surface area contributed by atoms with E-state index in [1.54, 1.807) is 23.0 Å². The van der Waals surface area contributed by atoms with Crippen LogP contribution in [0.5, 0.6) is 0 Å². The van der Waals surface area contributed by atoms with E-state index in [0.29, 0.717) is 13.2 Å². The van der Waals surface area contributed by atoms with E-state index >= 15 is 0 Å². The lowest BCUT2D eigenvalue weighted by Gasteiger charge is -2.14. The van der Waals surface area contributed by atoms with Gasteiger partial charge in [0, 0.05) is 12.0 Å². The summed E-state index contributed by atoms with van der Waals surface area (Å²) in [6.07, 6.45) is 4.19. The largest absolute Gasteiger partial charge is 0.383 e. The summed E-state index contributed by atoms with van der Waals surface area (Å²) in [6, 6.07) is 8.09. The van der Waals surface area contributed by atoms with Gasteiger partial charge in [0.15, 0.2) is 0 Å². The van der Waals surface area contributed by atoms with Crippen molar-refractivity contribution in [2.45, 2.75) is 45.7 Å². The number of aryl methyl sites for hydroxylation is 3. The van der Waals surface area contributed by atoms with E-state index in [9.17, 15) is 9.59 Å². The number of thiophene rings is 1. The highest BCUT2D eigenvalue weighted by molar-refractivity contribution is 7.18. The number of hydrogen-bond acceptors (Lipinski definition) is 4. The van der Waals surface area contributed by atoms with Crippen LogP contribution in [0.25, 0.3) is 10.2 Å². The van der Waals surface area contributed by atoms with Crippen molar-refractivity contribution < 1.29 is 4.74 Å². The average molecular weight is 385 g/mol. The number of nitrogens with zero attached hydrogens (tertiary/aromatic N) is 2. The van der Waals surface area contributed by atoms with Gasteiger partial charge in [0.25, 0.3) is 5.56 Å². The molecule has 0 unspecified atom stereocenters. The third kappa shape index (κ3) is 3.17. The zero-order chi connectivity index (χ0) is 19.0. The Morgan fingerprint density at radius 3 is 2.67 bits per heavy atom. The smallest absolute Gasteiger partial charge is 0.332 e. The third-order valence-corrected chi connectivity index (χ3v) is 6.74. The molecule has 1 aliphatic carbocycles. The van der Waals surface area contributed by atoms with Gasteiger partial charge in [-0.2, -0.15) is 0 Å². The molecule has 6 heteroatoms. The molecule has 4 rings (SSSR count). The molecule has 142 valence electrons.